The Kier molecular flexibility index (Phi) is 2.61. The molecule has 100 valence electrons. The van der Waals surface area contributed by atoms with E-state index in [1.54, 1.807) is 0 Å². The third kappa shape index (κ3) is 1.93. The summed E-state index contributed by atoms with van der Waals surface area (Å²) in [7, 11) is 0. The molecular formula is C18H13N3. The number of aromatic nitrogens is 1. The molecule has 3 heteroatoms. The molecule has 1 aliphatic heterocycles. The Morgan fingerprint density at radius 3 is 2.33 bits per heavy atom. The molecule has 0 saturated carbocycles. The number of rotatable bonds is 1. The van der Waals surface area contributed by atoms with Crippen molar-refractivity contribution in [1.29, 1.82) is 5.26 Å². The molecule has 1 aliphatic rings. The molecule has 2 aromatic carbocycles. The van der Waals surface area contributed by atoms with Gasteiger partial charge in [-0.3, -0.25) is 0 Å². The van der Waals surface area contributed by atoms with Crippen molar-refractivity contribution in [2.75, 3.05) is 4.90 Å². The molecule has 2 heterocycles. The molecule has 1 aromatic heterocycles. The summed E-state index contributed by atoms with van der Waals surface area (Å²) in [5, 5.41) is 10.3. The van der Waals surface area contributed by atoms with Gasteiger partial charge >= 0.3 is 0 Å². The van der Waals surface area contributed by atoms with Gasteiger partial charge in [-0.2, -0.15) is 5.26 Å². The molecule has 0 atom stereocenters. The van der Waals surface area contributed by atoms with Crippen molar-refractivity contribution in [2.24, 2.45) is 0 Å². The SMILES string of the molecule is N#Cc1cc(N2Cc3ccccc3C2)nc2ccccc12. The lowest BCUT2D eigenvalue weighted by molar-refractivity contribution is 0.860. The van der Waals surface area contributed by atoms with Crippen molar-refractivity contribution in [1.82, 2.24) is 4.98 Å². The van der Waals surface area contributed by atoms with E-state index in [4.69, 9.17) is 4.98 Å². The molecule has 21 heavy (non-hydrogen) atoms. The van der Waals surface area contributed by atoms with Gasteiger partial charge in [0.15, 0.2) is 0 Å². The second kappa shape index (κ2) is 4.60. The number of nitriles is 1. The predicted octanol–water partition coefficient (Wildman–Crippen LogP) is 3.63. The number of benzene rings is 2. The van der Waals surface area contributed by atoms with Crippen LogP contribution < -0.4 is 4.90 Å². The molecule has 3 nitrogen and oxygen atoms in total. The summed E-state index contributed by atoms with van der Waals surface area (Å²) < 4.78 is 0. The lowest BCUT2D eigenvalue weighted by Gasteiger charge is -2.17. The Hall–Kier alpha value is -2.86. The Morgan fingerprint density at radius 1 is 0.952 bits per heavy atom. The molecule has 0 aliphatic carbocycles. The topological polar surface area (TPSA) is 39.9 Å². The molecule has 0 bridgehead atoms. The Labute approximate surface area is 123 Å². The lowest BCUT2D eigenvalue weighted by Crippen LogP contribution is -2.16. The Balaban J connectivity index is 1.81. The van der Waals surface area contributed by atoms with Crippen molar-refractivity contribution in [3.8, 4) is 6.07 Å². The van der Waals surface area contributed by atoms with E-state index in [2.05, 4.69) is 35.2 Å². The molecular weight excluding hydrogens is 258 g/mol. The highest BCUT2D eigenvalue weighted by molar-refractivity contribution is 5.86. The zero-order chi connectivity index (χ0) is 14.2. The highest BCUT2D eigenvalue weighted by Gasteiger charge is 2.20. The first-order valence-corrected chi connectivity index (χ1v) is 6.97. The number of fused-ring (bicyclic) bond motifs is 2. The average Bonchev–Trinajstić information content (AvgIpc) is 2.98. The minimum atomic E-state index is 0.687. The van der Waals surface area contributed by atoms with E-state index in [0.29, 0.717) is 5.56 Å². The fourth-order valence-corrected chi connectivity index (χ4v) is 2.91. The van der Waals surface area contributed by atoms with E-state index in [1.165, 1.54) is 11.1 Å². The summed E-state index contributed by atoms with van der Waals surface area (Å²) in [5.41, 5.74) is 4.24. The van der Waals surface area contributed by atoms with Gasteiger partial charge in [0.2, 0.25) is 0 Å². The summed E-state index contributed by atoms with van der Waals surface area (Å²) >= 11 is 0. The molecule has 3 aromatic rings. The van der Waals surface area contributed by atoms with E-state index >= 15 is 0 Å². The van der Waals surface area contributed by atoms with Crippen molar-refractivity contribution < 1.29 is 0 Å². The van der Waals surface area contributed by atoms with Gasteiger partial charge in [-0.25, -0.2) is 4.98 Å². The van der Waals surface area contributed by atoms with E-state index in [9.17, 15) is 5.26 Å². The van der Waals surface area contributed by atoms with Gasteiger partial charge in [0.05, 0.1) is 17.1 Å². The van der Waals surface area contributed by atoms with E-state index in [0.717, 1.165) is 29.8 Å². The van der Waals surface area contributed by atoms with Crippen LogP contribution in [-0.2, 0) is 13.1 Å². The van der Waals surface area contributed by atoms with Crippen LogP contribution in [-0.4, -0.2) is 4.98 Å². The summed E-state index contributed by atoms with van der Waals surface area (Å²) in [6.45, 7) is 1.71. The van der Waals surface area contributed by atoms with Crippen LogP contribution in [0.5, 0.6) is 0 Å². The van der Waals surface area contributed by atoms with Crippen LogP contribution in [0, 0.1) is 11.3 Å². The smallest absolute Gasteiger partial charge is 0.131 e. The standard InChI is InChI=1S/C18H13N3/c19-10-15-9-18(20-17-8-4-3-7-16(15)17)21-11-13-5-1-2-6-14(13)12-21/h1-9H,11-12H2. The maximum Gasteiger partial charge on any atom is 0.131 e. The van der Waals surface area contributed by atoms with Crippen LogP contribution in [0.1, 0.15) is 16.7 Å². The molecule has 0 fully saturated rings. The second-order valence-electron chi connectivity index (χ2n) is 5.28. The minimum absolute atomic E-state index is 0.687. The molecule has 0 N–H and O–H groups in total. The minimum Gasteiger partial charge on any atom is -0.348 e. The van der Waals surface area contributed by atoms with Gasteiger partial charge in [0.25, 0.3) is 0 Å². The Morgan fingerprint density at radius 2 is 1.62 bits per heavy atom. The number of nitrogens with zero attached hydrogens (tertiary/aromatic N) is 3. The first-order valence-electron chi connectivity index (χ1n) is 6.97. The zero-order valence-electron chi connectivity index (χ0n) is 11.5. The maximum absolute atomic E-state index is 9.38. The zero-order valence-corrected chi connectivity index (χ0v) is 11.5. The van der Waals surface area contributed by atoms with Crippen molar-refractivity contribution in [3.05, 3.63) is 71.3 Å². The molecule has 0 spiro atoms. The van der Waals surface area contributed by atoms with Crippen LogP contribution in [0.3, 0.4) is 0 Å². The lowest BCUT2D eigenvalue weighted by atomic mass is 10.1. The first-order chi connectivity index (χ1) is 10.3. The van der Waals surface area contributed by atoms with Gasteiger partial charge in [0, 0.05) is 18.5 Å². The normalized spacial score (nSPS) is 13.2. The summed E-state index contributed by atoms with van der Waals surface area (Å²) in [5.74, 6) is 0.876. The largest absolute Gasteiger partial charge is 0.348 e. The monoisotopic (exact) mass is 271 g/mol. The molecule has 0 radical (unpaired) electrons. The first kappa shape index (κ1) is 11.9. The predicted molar refractivity (Wildman–Crippen MR) is 82.8 cm³/mol. The number of pyridine rings is 1. The summed E-state index contributed by atoms with van der Waals surface area (Å²) in [6.07, 6.45) is 0. The van der Waals surface area contributed by atoms with E-state index < -0.39 is 0 Å². The quantitative estimate of drug-likeness (QED) is 0.678. The van der Waals surface area contributed by atoms with Crippen molar-refractivity contribution in [3.63, 3.8) is 0 Å². The number of hydrogen-bond donors (Lipinski definition) is 0. The fraction of sp³-hybridized carbons (Fsp3) is 0.111. The third-order valence-electron chi connectivity index (χ3n) is 3.99. The number of anilines is 1. The molecule has 4 rings (SSSR count). The highest BCUT2D eigenvalue weighted by Crippen LogP contribution is 2.29. The van der Waals surface area contributed by atoms with E-state index in [-0.39, 0.29) is 0 Å². The van der Waals surface area contributed by atoms with Crippen LogP contribution in [0.25, 0.3) is 10.9 Å². The summed E-state index contributed by atoms with van der Waals surface area (Å²) in [6, 6.07) is 20.4. The van der Waals surface area contributed by atoms with Crippen molar-refractivity contribution >= 4 is 16.7 Å². The highest BCUT2D eigenvalue weighted by atomic mass is 15.2. The molecule has 0 amide bonds. The molecule has 0 unspecified atom stereocenters. The van der Waals surface area contributed by atoms with Crippen LogP contribution in [0.2, 0.25) is 0 Å². The van der Waals surface area contributed by atoms with Gasteiger partial charge in [-0.1, -0.05) is 42.5 Å². The van der Waals surface area contributed by atoms with E-state index in [1.807, 2.05) is 30.3 Å². The third-order valence-corrected chi connectivity index (χ3v) is 3.99. The van der Waals surface area contributed by atoms with Gasteiger partial charge in [-0.15, -0.1) is 0 Å². The summed E-state index contributed by atoms with van der Waals surface area (Å²) in [4.78, 5) is 6.94. The van der Waals surface area contributed by atoms with Gasteiger partial charge in [0.1, 0.15) is 5.82 Å². The number of para-hydroxylation sites is 1. The fourth-order valence-electron chi connectivity index (χ4n) is 2.91. The van der Waals surface area contributed by atoms with Gasteiger partial charge in [-0.05, 0) is 23.3 Å². The Bertz CT molecular complexity index is 852. The van der Waals surface area contributed by atoms with Gasteiger partial charge < -0.3 is 4.90 Å². The van der Waals surface area contributed by atoms with Crippen LogP contribution >= 0.6 is 0 Å². The maximum atomic E-state index is 9.38. The number of hydrogen-bond acceptors (Lipinski definition) is 3. The van der Waals surface area contributed by atoms with Crippen LogP contribution in [0.4, 0.5) is 5.82 Å². The second-order valence-corrected chi connectivity index (χ2v) is 5.28. The molecule has 0 saturated heterocycles. The van der Waals surface area contributed by atoms with Crippen LogP contribution in [0.15, 0.2) is 54.6 Å². The average molecular weight is 271 g/mol. The van der Waals surface area contributed by atoms with Crippen molar-refractivity contribution in [2.45, 2.75) is 13.1 Å².